The van der Waals surface area contributed by atoms with Gasteiger partial charge in [0.25, 0.3) is 0 Å². The number of fused-ring (bicyclic) bond motifs is 1. The number of hydrogen-bond donors (Lipinski definition) is 3. The number of primary amides is 1. The van der Waals surface area contributed by atoms with Crippen LogP contribution in [0.25, 0.3) is 10.9 Å². The summed E-state index contributed by atoms with van der Waals surface area (Å²) < 4.78 is 15.8. The van der Waals surface area contributed by atoms with Gasteiger partial charge in [-0.25, -0.2) is 9.07 Å². The van der Waals surface area contributed by atoms with Crippen molar-refractivity contribution in [3.05, 3.63) is 105 Å². The summed E-state index contributed by atoms with van der Waals surface area (Å²) in [6.07, 6.45) is 5.27. The van der Waals surface area contributed by atoms with E-state index in [9.17, 15) is 14.4 Å². The summed E-state index contributed by atoms with van der Waals surface area (Å²) in [5.41, 5.74) is 9.65. The van der Waals surface area contributed by atoms with Crippen molar-refractivity contribution in [2.75, 3.05) is 23.7 Å². The fourth-order valence-electron chi connectivity index (χ4n) is 6.07. The lowest BCUT2D eigenvalue weighted by Gasteiger charge is -2.40. The zero-order chi connectivity index (χ0) is 34.2. The molecule has 2 aromatic heterocycles. The number of amides is 1. The zero-order valence-electron chi connectivity index (χ0n) is 26.6. The largest absolute Gasteiger partial charge is 0.371 e. The van der Waals surface area contributed by atoms with Crippen LogP contribution in [-0.4, -0.2) is 49.4 Å². The van der Waals surface area contributed by atoms with Crippen molar-refractivity contribution < 1.29 is 9.18 Å². The van der Waals surface area contributed by atoms with Crippen LogP contribution >= 0.6 is 23.2 Å². The maximum absolute atomic E-state index is 13.9. The van der Waals surface area contributed by atoms with Gasteiger partial charge in [0.1, 0.15) is 17.6 Å². The van der Waals surface area contributed by atoms with Crippen molar-refractivity contribution in [1.29, 1.82) is 5.26 Å². The number of hydrogen-bond acceptors (Lipinski definition) is 8. The molecule has 0 unspecified atom stereocenters. The standard InChI is InChI=1S/C35H34Cl2FN9O/c1-35(2,3)46-11-9-25(10-12-46)47-19-30(44-45-47)32(20-5-4-6-21(13-20)34(40)48)43-29-15-23(36)14-26-31(22(17-39)18-41-33(26)29)42-24-7-8-28(38)27(37)16-24/h4-8,13-16,18-19,25,32,43H,9-12H2,1-3H3,(H2,40,48)(H,41,42)/t32-/m0/s1. The zero-order valence-corrected chi connectivity index (χ0v) is 28.1. The van der Waals surface area contributed by atoms with Crippen LogP contribution in [0, 0.1) is 17.1 Å². The van der Waals surface area contributed by atoms with Crippen LogP contribution in [0.15, 0.2) is 67.0 Å². The molecule has 1 aliphatic heterocycles. The molecule has 3 heterocycles. The first-order valence-corrected chi connectivity index (χ1v) is 16.2. The molecule has 10 nitrogen and oxygen atoms in total. The quantitative estimate of drug-likeness (QED) is 0.152. The van der Waals surface area contributed by atoms with E-state index < -0.39 is 17.8 Å². The Kier molecular flexibility index (Phi) is 9.25. The van der Waals surface area contributed by atoms with Crippen molar-refractivity contribution in [3.8, 4) is 6.07 Å². The van der Waals surface area contributed by atoms with Gasteiger partial charge in [0, 0.05) is 46.5 Å². The number of benzene rings is 3. The number of piperidine rings is 1. The van der Waals surface area contributed by atoms with E-state index in [2.05, 4.69) is 57.7 Å². The number of likely N-dealkylation sites (tertiary alicyclic amines) is 1. The number of rotatable bonds is 8. The summed E-state index contributed by atoms with van der Waals surface area (Å²) >= 11 is 12.7. The summed E-state index contributed by atoms with van der Waals surface area (Å²) in [6, 6.07) is 16.4. The van der Waals surface area contributed by atoms with Gasteiger partial charge in [-0.05, 0) is 81.6 Å². The smallest absolute Gasteiger partial charge is 0.248 e. The molecule has 0 spiro atoms. The van der Waals surface area contributed by atoms with Gasteiger partial charge in [-0.3, -0.25) is 14.7 Å². The number of anilines is 3. The van der Waals surface area contributed by atoms with Crippen LogP contribution in [0.4, 0.5) is 21.5 Å². The molecule has 6 rings (SSSR count). The maximum Gasteiger partial charge on any atom is 0.248 e. The van der Waals surface area contributed by atoms with E-state index in [4.69, 9.17) is 28.9 Å². The maximum atomic E-state index is 13.9. The Morgan fingerprint density at radius 1 is 1.12 bits per heavy atom. The molecule has 5 aromatic rings. The molecule has 1 atom stereocenters. The summed E-state index contributed by atoms with van der Waals surface area (Å²) in [7, 11) is 0. The number of halogens is 3. The molecule has 0 saturated carbocycles. The first-order valence-electron chi connectivity index (χ1n) is 15.5. The highest BCUT2D eigenvalue weighted by atomic mass is 35.5. The van der Waals surface area contributed by atoms with Crippen molar-refractivity contribution >= 4 is 57.1 Å². The Labute approximate surface area is 287 Å². The predicted molar refractivity (Wildman–Crippen MR) is 186 cm³/mol. The van der Waals surface area contributed by atoms with Gasteiger partial charge in [0.15, 0.2) is 0 Å². The van der Waals surface area contributed by atoms with E-state index in [0.29, 0.717) is 44.2 Å². The minimum atomic E-state index is -0.584. The molecule has 3 aromatic carbocycles. The van der Waals surface area contributed by atoms with E-state index in [1.807, 2.05) is 16.9 Å². The van der Waals surface area contributed by atoms with E-state index in [0.717, 1.165) is 31.5 Å². The number of aromatic nitrogens is 4. The summed E-state index contributed by atoms with van der Waals surface area (Å²) in [5, 5.41) is 26.7. The minimum absolute atomic E-state index is 0.0638. The van der Waals surface area contributed by atoms with E-state index in [1.54, 1.807) is 30.3 Å². The molecule has 1 amide bonds. The monoisotopic (exact) mass is 685 g/mol. The number of pyridine rings is 1. The fraction of sp³-hybridized carbons (Fsp3) is 0.286. The first-order chi connectivity index (χ1) is 22.9. The molecule has 4 N–H and O–H groups in total. The highest BCUT2D eigenvalue weighted by Gasteiger charge is 2.29. The normalized spacial score (nSPS) is 14.9. The van der Waals surface area contributed by atoms with Gasteiger partial charge >= 0.3 is 0 Å². The second-order valence-electron chi connectivity index (χ2n) is 12.8. The van der Waals surface area contributed by atoms with E-state index >= 15 is 0 Å². The third-order valence-electron chi connectivity index (χ3n) is 8.66. The predicted octanol–water partition coefficient (Wildman–Crippen LogP) is 7.62. The van der Waals surface area contributed by atoms with Crippen LogP contribution in [-0.2, 0) is 0 Å². The third-order valence-corrected chi connectivity index (χ3v) is 9.17. The first kappa shape index (κ1) is 33.2. The lowest BCUT2D eigenvalue weighted by Crippen LogP contribution is -2.46. The van der Waals surface area contributed by atoms with Crippen LogP contribution < -0.4 is 16.4 Å². The van der Waals surface area contributed by atoms with E-state index in [1.165, 1.54) is 24.4 Å². The van der Waals surface area contributed by atoms with Gasteiger partial charge < -0.3 is 16.4 Å². The van der Waals surface area contributed by atoms with Gasteiger partial charge in [-0.15, -0.1) is 5.10 Å². The Balaban J connectivity index is 1.41. The summed E-state index contributed by atoms with van der Waals surface area (Å²) in [5.74, 6) is -1.11. The summed E-state index contributed by atoms with van der Waals surface area (Å²) in [6.45, 7) is 8.59. The molecule has 48 heavy (non-hydrogen) atoms. The van der Waals surface area contributed by atoms with Gasteiger partial charge in [0.2, 0.25) is 5.91 Å². The lowest BCUT2D eigenvalue weighted by atomic mass is 9.98. The van der Waals surface area contributed by atoms with Crippen LogP contribution in [0.2, 0.25) is 10.0 Å². The molecule has 0 aliphatic carbocycles. The number of nitrogens with two attached hydrogens (primary N) is 1. The number of carbonyl (C=O) groups is 1. The number of nitriles is 1. The molecule has 13 heteroatoms. The topological polar surface area (TPSA) is 138 Å². The highest BCUT2D eigenvalue weighted by molar-refractivity contribution is 6.32. The fourth-order valence-corrected chi connectivity index (χ4v) is 6.47. The van der Waals surface area contributed by atoms with Crippen LogP contribution in [0.3, 0.4) is 0 Å². The molecular weight excluding hydrogens is 652 g/mol. The number of nitrogens with one attached hydrogen (secondary N) is 2. The average molecular weight is 687 g/mol. The Morgan fingerprint density at radius 3 is 2.58 bits per heavy atom. The van der Waals surface area contributed by atoms with Crippen molar-refractivity contribution in [3.63, 3.8) is 0 Å². The van der Waals surface area contributed by atoms with Crippen LogP contribution in [0.5, 0.6) is 0 Å². The van der Waals surface area contributed by atoms with Crippen molar-refractivity contribution in [1.82, 2.24) is 24.9 Å². The minimum Gasteiger partial charge on any atom is -0.371 e. The molecule has 1 aliphatic rings. The molecule has 0 radical (unpaired) electrons. The van der Waals surface area contributed by atoms with Crippen molar-refractivity contribution in [2.45, 2.75) is 51.2 Å². The van der Waals surface area contributed by atoms with E-state index in [-0.39, 0.29) is 22.2 Å². The molecular formula is C35H34Cl2FN9O. The third kappa shape index (κ3) is 6.92. The molecule has 1 saturated heterocycles. The average Bonchev–Trinajstić information content (AvgIpc) is 3.55. The van der Waals surface area contributed by atoms with Crippen LogP contribution in [0.1, 0.15) is 72.9 Å². The van der Waals surface area contributed by atoms with Crippen molar-refractivity contribution in [2.24, 2.45) is 5.73 Å². The molecule has 246 valence electrons. The number of nitrogens with zero attached hydrogens (tertiary/aromatic N) is 6. The second kappa shape index (κ2) is 13.4. The highest BCUT2D eigenvalue weighted by Crippen LogP contribution is 2.38. The second-order valence-corrected chi connectivity index (χ2v) is 13.7. The Bertz CT molecular complexity index is 2040. The SMILES string of the molecule is CC(C)(C)N1CCC(n2cc([C@@H](Nc3cc(Cl)cc4c(Nc5ccc(F)c(Cl)c5)c(C#N)cnc34)c3cccc(C(N)=O)c3)nn2)CC1. The Morgan fingerprint density at radius 2 is 1.90 bits per heavy atom. The van der Waals surface area contributed by atoms with Gasteiger partial charge in [-0.1, -0.05) is 40.5 Å². The molecule has 0 bridgehead atoms. The summed E-state index contributed by atoms with van der Waals surface area (Å²) in [4.78, 5) is 19.3. The van der Waals surface area contributed by atoms with Gasteiger partial charge in [-0.2, -0.15) is 5.26 Å². The van der Waals surface area contributed by atoms with Gasteiger partial charge in [0.05, 0.1) is 45.8 Å². The Hall–Kier alpha value is -4.76. The number of carbonyl (C=O) groups excluding carboxylic acids is 1. The lowest BCUT2D eigenvalue weighted by molar-refractivity contribution is 0.0865. The molecule has 1 fully saturated rings.